The van der Waals surface area contributed by atoms with Crippen LogP contribution in [0.4, 0.5) is 0 Å². The first-order valence-corrected chi connectivity index (χ1v) is 26.7. The van der Waals surface area contributed by atoms with E-state index < -0.39 is 5.69 Å². The molecule has 0 aliphatic rings. The number of hydrogen-bond donors (Lipinski definition) is 1. The highest BCUT2D eigenvalue weighted by Gasteiger charge is 2.20. The van der Waals surface area contributed by atoms with Gasteiger partial charge in [0.2, 0.25) is 0 Å². The summed E-state index contributed by atoms with van der Waals surface area (Å²) in [6.45, 7) is 4.59. The Morgan fingerprint density at radius 3 is 0.868 bits per heavy atom. The van der Waals surface area contributed by atoms with E-state index in [9.17, 15) is 0 Å². The van der Waals surface area contributed by atoms with Gasteiger partial charge in [-0.1, -0.05) is 255 Å². The molecule has 0 aliphatic heterocycles. The van der Waals surface area contributed by atoms with Gasteiger partial charge in [0.1, 0.15) is 11.5 Å². The van der Waals surface area contributed by atoms with Crippen LogP contribution in [0.1, 0.15) is 230 Å². The number of thiol groups is 1. The average molecular weight is 787 g/mol. The molecule has 5 heteroatoms. The molecule has 0 saturated heterocycles. The Morgan fingerprint density at radius 1 is 0.377 bits per heavy atom. The summed E-state index contributed by atoms with van der Waals surface area (Å²) >= 11 is 10.7. The first-order chi connectivity index (χ1) is 26.1. The first-order valence-electron chi connectivity index (χ1n) is 22.9. The van der Waals surface area contributed by atoms with Crippen LogP contribution in [-0.2, 0) is 24.6 Å². The van der Waals surface area contributed by atoms with Crippen molar-refractivity contribution in [3.05, 3.63) is 59.7 Å². The zero-order valence-electron chi connectivity index (χ0n) is 34.8. The van der Waals surface area contributed by atoms with Gasteiger partial charge in [-0.3, -0.25) is 0 Å². The third-order valence-corrected chi connectivity index (χ3v) is 12.8. The van der Waals surface area contributed by atoms with Crippen LogP contribution in [0.15, 0.2) is 48.5 Å². The normalized spacial score (nSPS) is 11.7. The molecule has 0 N–H and O–H groups in total. The van der Waals surface area contributed by atoms with Crippen LogP contribution in [0.25, 0.3) is 0 Å². The maximum Gasteiger partial charge on any atom is 0.345 e. The molecule has 0 aromatic heterocycles. The lowest BCUT2D eigenvalue weighted by Crippen LogP contribution is -2.00. The highest BCUT2D eigenvalue weighted by molar-refractivity contribution is 8.60. The van der Waals surface area contributed by atoms with Gasteiger partial charge in [0.25, 0.3) is 0 Å². The van der Waals surface area contributed by atoms with Crippen molar-refractivity contribution in [2.45, 2.75) is 232 Å². The second-order valence-electron chi connectivity index (χ2n) is 16.0. The summed E-state index contributed by atoms with van der Waals surface area (Å²) in [5, 5.41) is 0. The van der Waals surface area contributed by atoms with Crippen molar-refractivity contribution in [2.75, 3.05) is 0 Å². The molecule has 0 saturated carbocycles. The highest BCUT2D eigenvalue weighted by Crippen LogP contribution is 2.54. The van der Waals surface area contributed by atoms with Crippen molar-refractivity contribution >= 4 is 29.7 Å². The fraction of sp³-hybridized carbons (Fsp3) is 0.750. The largest absolute Gasteiger partial charge is 0.428 e. The van der Waals surface area contributed by atoms with Crippen molar-refractivity contribution in [2.24, 2.45) is 0 Å². The number of benzene rings is 2. The fourth-order valence-electron chi connectivity index (χ4n) is 7.59. The van der Waals surface area contributed by atoms with Crippen molar-refractivity contribution < 1.29 is 9.05 Å². The smallest absolute Gasteiger partial charge is 0.345 e. The van der Waals surface area contributed by atoms with Gasteiger partial charge in [-0.05, 0) is 60.7 Å². The minimum absolute atomic E-state index is 0.835. The summed E-state index contributed by atoms with van der Waals surface area (Å²) in [4.78, 5) is 0. The Kier molecular flexibility index (Phi) is 31.2. The van der Waals surface area contributed by atoms with E-state index in [0.717, 1.165) is 24.3 Å². The molecule has 0 fully saturated rings. The second-order valence-corrected chi connectivity index (χ2v) is 21.1. The highest BCUT2D eigenvalue weighted by atomic mass is 32.9. The van der Waals surface area contributed by atoms with Crippen molar-refractivity contribution in [3.8, 4) is 11.5 Å². The van der Waals surface area contributed by atoms with Crippen molar-refractivity contribution in [1.29, 1.82) is 0 Å². The number of aryl methyl sites for hydroxylation is 2. The molecule has 2 aromatic rings. The van der Waals surface area contributed by atoms with Gasteiger partial charge in [0.05, 0.1) is 0 Å². The van der Waals surface area contributed by atoms with E-state index in [0.29, 0.717) is 0 Å². The monoisotopic (exact) mass is 787 g/mol. The molecule has 53 heavy (non-hydrogen) atoms. The summed E-state index contributed by atoms with van der Waals surface area (Å²) in [7, 11) is 0. The first kappa shape index (κ1) is 48.2. The number of hydrogen-bond acceptors (Lipinski definition) is 3. The van der Waals surface area contributed by atoms with Gasteiger partial charge in [-0.15, -0.1) is 0 Å². The number of rotatable bonds is 38. The molecule has 0 spiro atoms. The maximum absolute atomic E-state index is 6.37. The lowest BCUT2D eigenvalue weighted by molar-refractivity contribution is 0.495. The molecule has 0 heterocycles. The van der Waals surface area contributed by atoms with E-state index in [2.05, 4.69) is 38.1 Å². The van der Waals surface area contributed by atoms with E-state index >= 15 is 0 Å². The third-order valence-electron chi connectivity index (χ3n) is 11.0. The van der Waals surface area contributed by atoms with E-state index in [1.165, 1.54) is 217 Å². The maximum atomic E-state index is 6.37. The van der Waals surface area contributed by atoms with E-state index in [-0.39, 0.29) is 0 Å². The molecular formula is C48H83O2PS2. The zero-order valence-corrected chi connectivity index (χ0v) is 37.4. The van der Waals surface area contributed by atoms with Crippen molar-refractivity contribution in [1.82, 2.24) is 0 Å². The predicted molar refractivity (Wildman–Crippen MR) is 244 cm³/mol. The molecule has 2 rings (SSSR count). The Morgan fingerprint density at radius 2 is 0.604 bits per heavy atom. The SMILES string of the molecule is CCCCCCCCCCCCCCCCCCc1ccccc1OP(=S)(S)Oc1ccccc1CCCCCCCCCCCCCCCCCC. The lowest BCUT2D eigenvalue weighted by Gasteiger charge is -2.22. The lowest BCUT2D eigenvalue weighted by atomic mass is 10.0. The van der Waals surface area contributed by atoms with E-state index in [1.807, 2.05) is 24.3 Å². The van der Waals surface area contributed by atoms with E-state index in [4.69, 9.17) is 33.1 Å². The summed E-state index contributed by atoms with van der Waals surface area (Å²) < 4.78 is 12.7. The van der Waals surface area contributed by atoms with Gasteiger partial charge in [-0.25, -0.2) is 0 Å². The quantitative estimate of drug-likeness (QED) is 0.0415. The van der Waals surface area contributed by atoms with Crippen LogP contribution < -0.4 is 9.05 Å². The molecule has 0 amide bonds. The average Bonchev–Trinajstić information content (AvgIpc) is 3.15. The van der Waals surface area contributed by atoms with Crippen LogP contribution in [0.3, 0.4) is 0 Å². The molecular weight excluding hydrogens is 704 g/mol. The molecule has 2 aromatic carbocycles. The van der Waals surface area contributed by atoms with Gasteiger partial charge < -0.3 is 9.05 Å². The standard InChI is InChI=1S/C48H83O2PS2/c1-3-5-7-9-11-13-15-17-19-21-23-25-27-29-31-33-39-45-41-35-37-43-47(45)49-51(52,53)50-48-44-38-36-42-46(48)40-34-32-30-28-26-24-22-20-18-16-14-12-10-8-6-4-2/h35-38,41-44H,3-34,39-40H2,1-2H3,(H,52,53). The van der Waals surface area contributed by atoms with Gasteiger partial charge in [-0.2, -0.15) is 0 Å². The summed E-state index contributed by atoms with van der Waals surface area (Å²) in [5.41, 5.74) is -0.386. The molecule has 0 bridgehead atoms. The number of unbranched alkanes of at least 4 members (excludes halogenated alkanes) is 30. The topological polar surface area (TPSA) is 18.5 Å². The van der Waals surface area contributed by atoms with Gasteiger partial charge >= 0.3 is 5.69 Å². The molecule has 2 nitrogen and oxygen atoms in total. The Labute approximate surface area is 340 Å². The van der Waals surface area contributed by atoms with E-state index in [1.54, 1.807) is 0 Å². The minimum atomic E-state index is -2.81. The Balaban J connectivity index is 1.56. The summed E-state index contributed by atoms with van der Waals surface area (Å²) in [6, 6.07) is 16.7. The van der Waals surface area contributed by atoms with Crippen LogP contribution in [0, 0.1) is 0 Å². The van der Waals surface area contributed by atoms with Crippen LogP contribution in [0.2, 0.25) is 0 Å². The predicted octanol–water partition coefficient (Wildman–Crippen LogP) is 17.9. The summed E-state index contributed by atoms with van der Waals surface area (Å²) in [5.74, 6) is 1.67. The fourth-order valence-corrected chi connectivity index (χ4v) is 9.49. The second kappa shape index (κ2) is 34.3. The summed E-state index contributed by atoms with van der Waals surface area (Å²) in [6.07, 6.45) is 46.4. The zero-order chi connectivity index (χ0) is 37.9. The Bertz CT molecular complexity index is 1070. The molecule has 304 valence electrons. The van der Waals surface area contributed by atoms with Gasteiger partial charge in [0.15, 0.2) is 0 Å². The Hall–Kier alpha value is -0.960. The van der Waals surface area contributed by atoms with Crippen LogP contribution in [0.5, 0.6) is 11.5 Å². The van der Waals surface area contributed by atoms with Crippen molar-refractivity contribution in [3.63, 3.8) is 0 Å². The van der Waals surface area contributed by atoms with Crippen LogP contribution >= 0.6 is 17.9 Å². The third kappa shape index (κ3) is 27.3. The molecule has 0 aliphatic carbocycles. The minimum Gasteiger partial charge on any atom is -0.428 e. The molecule has 0 atom stereocenters. The molecule has 0 radical (unpaired) electrons. The van der Waals surface area contributed by atoms with Crippen LogP contribution in [-0.4, -0.2) is 0 Å². The van der Waals surface area contributed by atoms with Gasteiger partial charge in [0, 0.05) is 0 Å². The number of para-hydroxylation sites is 2. The molecule has 0 unspecified atom stereocenters.